The quantitative estimate of drug-likeness (QED) is 0.891. The third-order valence-corrected chi connectivity index (χ3v) is 4.80. The van der Waals surface area contributed by atoms with Gasteiger partial charge in [0, 0.05) is 45.0 Å². The van der Waals surface area contributed by atoms with Gasteiger partial charge in [-0.1, -0.05) is 0 Å². The van der Waals surface area contributed by atoms with Gasteiger partial charge in [0.2, 0.25) is 11.9 Å². The lowest BCUT2D eigenvalue weighted by molar-refractivity contribution is -0.138. The fourth-order valence-electron chi connectivity index (χ4n) is 2.85. The van der Waals surface area contributed by atoms with Gasteiger partial charge >= 0.3 is 6.18 Å². The smallest absolute Gasteiger partial charge is 0.339 e. The van der Waals surface area contributed by atoms with Gasteiger partial charge < -0.3 is 15.5 Å². The summed E-state index contributed by atoms with van der Waals surface area (Å²) in [7, 11) is 0. The van der Waals surface area contributed by atoms with Crippen LogP contribution in [-0.2, 0) is 11.0 Å². The SMILES string of the molecule is NCC1(CC(=O)N2CCN(c3ncc(C(F)(F)F)cn3)CC2)CC1. The number of nitrogens with zero attached hydrogens (tertiary/aromatic N) is 4. The second kappa shape index (κ2) is 6.19. The maximum Gasteiger partial charge on any atom is 0.419 e. The topological polar surface area (TPSA) is 75.4 Å². The van der Waals surface area contributed by atoms with E-state index in [2.05, 4.69) is 9.97 Å². The van der Waals surface area contributed by atoms with Crippen LogP contribution in [0.2, 0.25) is 0 Å². The van der Waals surface area contributed by atoms with Crippen LogP contribution in [0.15, 0.2) is 12.4 Å². The Morgan fingerprint density at radius 3 is 2.21 bits per heavy atom. The first-order valence-electron chi connectivity index (χ1n) is 7.95. The van der Waals surface area contributed by atoms with Crippen molar-refractivity contribution < 1.29 is 18.0 Å². The highest BCUT2D eigenvalue weighted by Crippen LogP contribution is 2.48. The molecule has 3 rings (SSSR count). The minimum Gasteiger partial charge on any atom is -0.339 e. The normalized spacial score (nSPS) is 20.2. The maximum atomic E-state index is 12.5. The summed E-state index contributed by atoms with van der Waals surface area (Å²) < 4.78 is 37.6. The van der Waals surface area contributed by atoms with Crippen molar-refractivity contribution in [3.8, 4) is 0 Å². The number of rotatable bonds is 4. The van der Waals surface area contributed by atoms with Crippen LogP contribution in [0.4, 0.5) is 19.1 Å². The van der Waals surface area contributed by atoms with E-state index < -0.39 is 11.7 Å². The van der Waals surface area contributed by atoms with Crippen molar-refractivity contribution in [2.45, 2.75) is 25.4 Å². The molecule has 1 saturated heterocycles. The summed E-state index contributed by atoms with van der Waals surface area (Å²) in [6, 6.07) is 0. The number of nitrogens with two attached hydrogens (primary N) is 1. The molecule has 2 heterocycles. The van der Waals surface area contributed by atoms with Crippen LogP contribution < -0.4 is 10.6 Å². The van der Waals surface area contributed by atoms with Crippen molar-refractivity contribution in [1.82, 2.24) is 14.9 Å². The summed E-state index contributed by atoms with van der Waals surface area (Å²) in [6.45, 7) is 2.59. The lowest BCUT2D eigenvalue weighted by Crippen LogP contribution is -2.49. The molecule has 6 nitrogen and oxygen atoms in total. The van der Waals surface area contributed by atoms with Gasteiger partial charge in [-0.15, -0.1) is 0 Å². The Bertz CT molecular complexity index is 592. The van der Waals surface area contributed by atoms with Gasteiger partial charge in [-0.25, -0.2) is 9.97 Å². The number of carbonyl (C=O) groups is 1. The predicted octanol–water partition coefficient (Wildman–Crippen LogP) is 1.27. The van der Waals surface area contributed by atoms with E-state index in [0.29, 0.717) is 39.1 Å². The number of anilines is 1. The van der Waals surface area contributed by atoms with E-state index in [4.69, 9.17) is 5.73 Å². The third kappa shape index (κ3) is 3.61. The van der Waals surface area contributed by atoms with Crippen molar-refractivity contribution in [2.75, 3.05) is 37.6 Å². The Morgan fingerprint density at radius 1 is 1.17 bits per heavy atom. The van der Waals surface area contributed by atoms with Gasteiger partial charge in [0.1, 0.15) is 0 Å². The van der Waals surface area contributed by atoms with Crippen LogP contribution in [0, 0.1) is 5.41 Å². The summed E-state index contributed by atoms with van der Waals surface area (Å²) in [4.78, 5) is 23.5. The molecule has 1 amide bonds. The highest BCUT2D eigenvalue weighted by atomic mass is 19.4. The van der Waals surface area contributed by atoms with E-state index in [9.17, 15) is 18.0 Å². The Hall–Kier alpha value is -1.90. The molecule has 0 radical (unpaired) electrons. The molecule has 0 spiro atoms. The molecule has 0 aromatic carbocycles. The number of alkyl halides is 3. The van der Waals surface area contributed by atoms with Crippen LogP contribution in [0.1, 0.15) is 24.8 Å². The fraction of sp³-hybridized carbons (Fsp3) is 0.667. The van der Waals surface area contributed by atoms with Crippen molar-refractivity contribution in [1.29, 1.82) is 0 Å². The number of aromatic nitrogens is 2. The van der Waals surface area contributed by atoms with Crippen molar-refractivity contribution >= 4 is 11.9 Å². The second-order valence-corrected chi connectivity index (χ2v) is 6.52. The minimum atomic E-state index is -4.44. The molecule has 0 atom stereocenters. The molecule has 0 unspecified atom stereocenters. The lowest BCUT2D eigenvalue weighted by atomic mass is 10.0. The fourth-order valence-corrected chi connectivity index (χ4v) is 2.85. The highest BCUT2D eigenvalue weighted by molar-refractivity contribution is 5.77. The van der Waals surface area contributed by atoms with Crippen LogP contribution in [0.5, 0.6) is 0 Å². The molecule has 2 fully saturated rings. The van der Waals surface area contributed by atoms with Gasteiger partial charge in [0.05, 0.1) is 5.56 Å². The van der Waals surface area contributed by atoms with Crippen LogP contribution in [0.25, 0.3) is 0 Å². The zero-order valence-corrected chi connectivity index (χ0v) is 13.2. The molecular formula is C15H20F3N5O. The van der Waals surface area contributed by atoms with E-state index >= 15 is 0 Å². The lowest BCUT2D eigenvalue weighted by Gasteiger charge is -2.35. The number of hydrogen-bond donors (Lipinski definition) is 1. The second-order valence-electron chi connectivity index (χ2n) is 6.52. The van der Waals surface area contributed by atoms with E-state index in [1.54, 1.807) is 9.80 Å². The van der Waals surface area contributed by atoms with E-state index in [1.165, 1.54) is 0 Å². The highest BCUT2D eigenvalue weighted by Gasteiger charge is 2.44. The maximum absolute atomic E-state index is 12.5. The van der Waals surface area contributed by atoms with Gasteiger partial charge in [-0.3, -0.25) is 4.79 Å². The van der Waals surface area contributed by atoms with Crippen LogP contribution in [-0.4, -0.2) is 53.5 Å². The zero-order chi connectivity index (χ0) is 17.4. The largest absolute Gasteiger partial charge is 0.419 e. The zero-order valence-electron chi connectivity index (χ0n) is 13.2. The monoisotopic (exact) mass is 343 g/mol. The molecule has 1 aliphatic carbocycles. The molecule has 0 bridgehead atoms. The van der Waals surface area contributed by atoms with E-state index in [0.717, 1.165) is 25.2 Å². The van der Waals surface area contributed by atoms with Gasteiger partial charge in [0.25, 0.3) is 0 Å². The van der Waals surface area contributed by atoms with Crippen molar-refractivity contribution in [3.05, 3.63) is 18.0 Å². The molecule has 9 heteroatoms. The molecule has 2 aliphatic rings. The first kappa shape index (κ1) is 16.9. The average molecular weight is 343 g/mol. The first-order valence-corrected chi connectivity index (χ1v) is 7.95. The molecule has 2 N–H and O–H groups in total. The summed E-state index contributed by atoms with van der Waals surface area (Å²) >= 11 is 0. The number of halogens is 3. The van der Waals surface area contributed by atoms with Gasteiger partial charge in [0.15, 0.2) is 0 Å². The number of amides is 1. The summed E-state index contributed by atoms with van der Waals surface area (Å²) in [5.41, 5.74) is 4.85. The van der Waals surface area contributed by atoms with Gasteiger partial charge in [-0.2, -0.15) is 13.2 Å². The minimum absolute atomic E-state index is 0.00472. The molecule has 1 aromatic heterocycles. The molecule has 1 aliphatic heterocycles. The summed E-state index contributed by atoms with van der Waals surface area (Å²) in [6.07, 6.45) is -0.356. The van der Waals surface area contributed by atoms with Crippen LogP contribution >= 0.6 is 0 Å². The number of hydrogen-bond acceptors (Lipinski definition) is 5. The summed E-state index contributed by atoms with van der Waals surface area (Å²) in [5, 5.41) is 0. The average Bonchev–Trinajstić information content (AvgIpc) is 3.34. The molecular weight excluding hydrogens is 323 g/mol. The molecule has 132 valence electrons. The van der Waals surface area contributed by atoms with E-state index in [-0.39, 0.29) is 17.3 Å². The molecule has 24 heavy (non-hydrogen) atoms. The standard InChI is InChI=1S/C15H20F3N5O/c16-15(17,18)11-8-20-13(21-9-11)23-5-3-22(4-6-23)12(24)7-14(10-19)1-2-14/h8-9H,1-7,10,19H2. The van der Waals surface area contributed by atoms with E-state index in [1.807, 2.05) is 0 Å². The Kier molecular flexibility index (Phi) is 4.37. The van der Waals surface area contributed by atoms with Crippen molar-refractivity contribution in [2.24, 2.45) is 11.1 Å². The molecule has 1 saturated carbocycles. The Labute approximate surface area is 137 Å². The molecule has 1 aromatic rings. The Balaban J connectivity index is 1.54. The predicted molar refractivity (Wildman–Crippen MR) is 81.2 cm³/mol. The third-order valence-electron chi connectivity index (χ3n) is 4.80. The Morgan fingerprint density at radius 2 is 1.75 bits per heavy atom. The first-order chi connectivity index (χ1) is 11.3. The van der Waals surface area contributed by atoms with Crippen LogP contribution in [0.3, 0.4) is 0 Å². The van der Waals surface area contributed by atoms with Gasteiger partial charge in [-0.05, 0) is 24.8 Å². The number of piperazine rings is 1. The number of carbonyl (C=O) groups excluding carboxylic acids is 1. The summed E-state index contributed by atoms with van der Waals surface area (Å²) in [5.74, 6) is 0.363. The van der Waals surface area contributed by atoms with Crippen molar-refractivity contribution in [3.63, 3.8) is 0 Å².